The third-order valence-electron chi connectivity index (χ3n) is 3.82. The minimum absolute atomic E-state index is 0.0395. The summed E-state index contributed by atoms with van der Waals surface area (Å²) in [4.78, 5) is 28.6. The predicted molar refractivity (Wildman–Crippen MR) is 85.5 cm³/mol. The molecule has 0 saturated carbocycles. The van der Waals surface area contributed by atoms with E-state index in [2.05, 4.69) is 10.3 Å². The number of ketones is 1. The van der Waals surface area contributed by atoms with Crippen LogP contribution in [0.4, 0.5) is 0 Å². The monoisotopic (exact) mass is 341 g/mol. The number of halogens is 1. The zero-order valence-corrected chi connectivity index (χ0v) is 13.4. The Morgan fingerprint density at radius 3 is 3.18 bits per heavy atom. The van der Waals surface area contributed by atoms with E-state index in [0.717, 1.165) is 24.3 Å². The van der Waals surface area contributed by atoms with Gasteiger partial charge in [0.2, 0.25) is 0 Å². The number of aliphatic hydroxyl groups excluding tert-OH is 1. The molecule has 3 heterocycles. The van der Waals surface area contributed by atoms with Crippen LogP contribution in [0.15, 0.2) is 17.2 Å². The van der Waals surface area contributed by atoms with Crippen molar-refractivity contribution >= 4 is 38.9 Å². The summed E-state index contributed by atoms with van der Waals surface area (Å²) in [7, 11) is 0. The van der Waals surface area contributed by atoms with E-state index in [4.69, 9.17) is 11.6 Å². The van der Waals surface area contributed by atoms with E-state index >= 15 is 0 Å². The van der Waals surface area contributed by atoms with Gasteiger partial charge in [0.25, 0.3) is 5.56 Å². The molecule has 8 heteroatoms. The average molecular weight is 342 g/mol. The molecule has 0 amide bonds. The van der Waals surface area contributed by atoms with E-state index in [1.165, 1.54) is 10.9 Å². The molecule has 1 saturated heterocycles. The Hall–Kier alpha value is -1.28. The largest absolute Gasteiger partial charge is 0.391 e. The number of aromatic nitrogens is 2. The standard InChI is InChI=1S/C14H16ClN3O3S/c15-12-5-10-13(22-12)14(21)18(7-17-10)6-8(19)4-9-11(20)2-1-3-16-9/h5,7,9,11,16,20H,1-4,6H2/t9-,11+/m0/s1. The third-order valence-corrected chi connectivity index (χ3v) is 5.06. The quantitative estimate of drug-likeness (QED) is 0.872. The summed E-state index contributed by atoms with van der Waals surface area (Å²) in [5, 5.41) is 13.0. The van der Waals surface area contributed by atoms with Crippen molar-refractivity contribution in [2.75, 3.05) is 6.54 Å². The number of thiophene rings is 1. The van der Waals surface area contributed by atoms with Crippen molar-refractivity contribution in [3.63, 3.8) is 0 Å². The highest BCUT2D eigenvalue weighted by Gasteiger charge is 2.25. The molecule has 1 aliphatic rings. The second kappa shape index (κ2) is 6.45. The Labute approximate surface area is 135 Å². The molecule has 2 aromatic rings. The topological polar surface area (TPSA) is 84.2 Å². The highest BCUT2D eigenvalue weighted by Crippen LogP contribution is 2.24. The third kappa shape index (κ3) is 3.22. The van der Waals surface area contributed by atoms with Crippen molar-refractivity contribution in [2.45, 2.75) is 38.0 Å². The molecule has 118 valence electrons. The van der Waals surface area contributed by atoms with Gasteiger partial charge in [0, 0.05) is 12.5 Å². The van der Waals surface area contributed by atoms with Gasteiger partial charge in [0.05, 0.1) is 28.8 Å². The Morgan fingerprint density at radius 2 is 2.41 bits per heavy atom. The van der Waals surface area contributed by atoms with Crippen LogP contribution in [0.2, 0.25) is 4.34 Å². The lowest BCUT2D eigenvalue weighted by molar-refractivity contribution is -0.121. The smallest absolute Gasteiger partial charge is 0.271 e. The lowest BCUT2D eigenvalue weighted by atomic mass is 9.97. The maximum Gasteiger partial charge on any atom is 0.271 e. The van der Waals surface area contributed by atoms with E-state index < -0.39 is 6.10 Å². The summed E-state index contributed by atoms with van der Waals surface area (Å²) in [6, 6.07) is 1.40. The van der Waals surface area contributed by atoms with Crippen LogP contribution in [-0.2, 0) is 11.3 Å². The molecule has 2 aromatic heterocycles. The van der Waals surface area contributed by atoms with Gasteiger partial charge in [0.1, 0.15) is 4.70 Å². The van der Waals surface area contributed by atoms with Crippen LogP contribution in [0, 0.1) is 0 Å². The minimum Gasteiger partial charge on any atom is -0.391 e. The van der Waals surface area contributed by atoms with Crippen LogP contribution < -0.4 is 10.9 Å². The van der Waals surface area contributed by atoms with E-state index in [1.807, 2.05) is 0 Å². The molecule has 22 heavy (non-hydrogen) atoms. The van der Waals surface area contributed by atoms with Gasteiger partial charge in [-0.15, -0.1) is 11.3 Å². The van der Waals surface area contributed by atoms with Gasteiger partial charge in [-0.1, -0.05) is 11.6 Å². The number of nitrogens with zero attached hydrogens (tertiary/aromatic N) is 2. The second-order valence-electron chi connectivity index (χ2n) is 5.46. The van der Waals surface area contributed by atoms with Gasteiger partial charge in [-0.2, -0.15) is 0 Å². The molecule has 2 atom stereocenters. The molecular weight excluding hydrogens is 326 g/mol. The summed E-state index contributed by atoms with van der Waals surface area (Å²) in [5.41, 5.74) is 0.292. The number of carbonyl (C=O) groups is 1. The molecule has 1 fully saturated rings. The first kappa shape index (κ1) is 15.6. The highest BCUT2D eigenvalue weighted by molar-refractivity contribution is 7.22. The van der Waals surface area contributed by atoms with Crippen LogP contribution in [0.25, 0.3) is 10.2 Å². The van der Waals surface area contributed by atoms with Crippen LogP contribution in [0.3, 0.4) is 0 Å². The molecule has 6 nitrogen and oxygen atoms in total. The first-order chi connectivity index (χ1) is 10.5. The number of hydrogen-bond donors (Lipinski definition) is 2. The van der Waals surface area contributed by atoms with Crippen LogP contribution in [0.5, 0.6) is 0 Å². The van der Waals surface area contributed by atoms with Gasteiger partial charge in [-0.05, 0) is 25.5 Å². The fraction of sp³-hybridized carbons (Fsp3) is 0.500. The average Bonchev–Trinajstić information content (AvgIpc) is 2.86. The molecule has 2 N–H and O–H groups in total. The minimum atomic E-state index is -0.508. The van der Waals surface area contributed by atoms with Crippen molar-refractivity contribution in [1.82, 2.24) is 14.9 Å². The van der Waals surface area contributed by atoms with Crippen LogP contribution in [0.1, 0.15) is 19.3 Å². The number of piperidine rings is 1. The zero-order chi connectivity index (χ0) is 15.7. The molecular formula is C14H16ClN3O3S. The number of rotatable bonds is 4. The Morgan fingerprint density at radius 1 is 1.59 bits per heavy atom. The predicted octanol–water partition coefficient (Wildman–Crippen LogP) is 1.18. The zero-order valence-electron chi connectivity index (χ0n) is 11.8. The van der Waals surface area contributed by atoms with Crippen molar-refractivity contribution in [1.29, 1.82) is 0 Å². The molecule has 0 bridgehead atoms. The molecule has 0 radical (unpaired) electrons. The lowest BCUT2D eigenvalue weighted by Crippen LogP contribution is -2.46. The Kier molecular flexibility index (Phi) is 4.58. The first-order valence-corrected chi connectivity index (χ1v) is 8.31. The molecule has 1 aliphatic heterocycles. The maximum atomic E-state index is 12.3. The van der Waals surface area contributed by atoms with Crippen molar-refractivity contribution in [2.24, 2.45) is 0 Å². The van der Waals surface area contributed by atoms with E-state index in [0.29, 0.717) is 21.0 Å². The van der Waals surface area contributed by atoms with Crippen molar-refractivity contribution in [3.05, 3.63) is 27.1 Å². The lowest BCUT2D eigenvalue weighted by Gasteiger charge is -2.28. The first-order valence-electron chi connectivity index (χ1n) is 7.12. The molecule has 0 aromatic carbocycles. The van der Waals surface area contributed by atoms with E-state index in [9.17, 15) is 14.7 Å². The Balaban J connectivity index is 1.73. The molecule has 0 aliphatic carbocycles. The summed E-state index contributed by atoms with van der Waals surface area (Å²) < 4.78 is 2.25. The number of hydrogen-bond acceptors (Lipinski definition) is 6. The molecule has 0 spiro atoms. The van der Waals surface area contributed by atoms with E-state index in [1.54, 1.807) is 6.07 Å². The summed E-state index contributed by atoms with van der Waals surface area (Å²) in [6.45, 7) is 0.762. The fourth-order valence-corrected chi connectivity index (χ4v) is 3.79. The van der Waals surface area contributed by atoms with Gasteiger partial charge in [-0.3, -0.25) is 14.2 Å². The second-order valence-corrected chi connectivity index (χ2v) is 7.14. The number of carbonyl (C=O) groups excluding carboxylic acids is 1. The summed E-state index contributed by atoms with van der Waals surface area (Å²) in [5.74, 6) is -0.107. The number of aliphatic hydroxyl groups is 1. The maximum absolute atomic E-state index is 12.3. The highest BCUT2D eigenvalue weighted by atomic mass is 35.5. The summed E-state index contributed by atoms with van der Waals surface area (Å²) in [6.07, 6.45) is 2.68. The number of nitrogens with one attached hydrogen (secondary N) is 1. The van der Waals surface area contributed by atoms with Crippen LogP contribution >= 0.6 is 22.9 Å². The molecule has 3 rings (SSSR count). The number of fused-ring (bicyclic) bond motifs is 1. The van der Waals surface area contributed by atoms with Gasteiger partial charge >= 0.3 is 0 Å². The van der Waals surface area contributed by atoms with Gasteiger partial charge < -0.3 is 10.4 Å². The number of Topliss-reactive ketones (excluding diaryl/α,β-unsaturated/α-hetero) is 1. The fourth-order valence-electron chi connectivity index (χ4n) is 2.67. The van der Waals surface area contributed by atoms with E-state index in [-0.39, 0.29) is 30.3 Å². The molecule has 0 unspecified atom stereocenters. The Bertz CT molecular complexity index is 757. The van der Waals surface area contributed by atoms with Crippen LogP contribution in [-0.4, -0.2) is 39.1 Å². The van der Waals surface area contributed by atoms with Gasteiger partial charge in [0.15, 0.2) is 5.78 Å². The van der Waals surface area contributed by atoms with Crippen molar-refractivity contribution in [3.8, 4) is 0 Å². The normalized spacial score (nSPS) is 22.1. The SMILES string of the molecule is O=C(C[C@@H]1NCCC[C@H]1O)Cn1cnc2cc(Cl)sc2c1=O. The van der Waals surface area contributed by atoms with Gasteiger partial charge in [-0.25, -0.2) is 4.98 Å². The summed E-state index contributed by atoms with van der Waals surface area (Å²) >= 11 is 7.05. The van der Waals surface area contributed by atoms with Crippen molar-refractivity contribution < 1.29 is 9.90 Å².